The van der Waals surface area contributed by atoms with Crippen molar-refractivity contribution in [3.8, 4) is 17.0 Å². The predicted molar refractivity (Wildman–Crippen MR) is 86.2 cm³/mol. The van der Waals surface area contributed by atoms with Crippen molar-refractivity contribution < 1.29 is 20.1 Å². The van der Waals surface area contributed by atoms with Gasteiger partial charge in [0.25, 0.3) is 0 Å². The second-order valence-electron chi connectivity index (χ2n) is 5.29. The quantitative estimate of drug-likeness (QED) is 0.471. The lowest BCUT2D eigenvalue weighted by atomic mass is 10.1. The zero-order valence-corrected chi connectivity index (χ0v) is 12.8. The maximum atomic E-state index is 9.57. The molecule has 0 aliphatic heterocycles. The number of rotatable bonds is 6. The fourth-order valence-electron chi connectivity index (χ4n) is 2.24. The summed E-state index contributed by atoms with van der Waals surface area (Å²) in [5, 5.41) is 32.2. The zero-order valence-electron chi connectivity index (χ0n) is 12.8. The molecule has 0 fully saturated rings. The zero-order chi connectivity index (χ0) is 17.1. The van der Waals surface area contributed by atoms with Gasteiger partial charge in [0.2, 0.25) is 0 Å². The van der Waals surface area contributed by atoms with Gasteiger partial charge >= 0.3 is 0 Å². The molecular formula is C16H18N4O4. The van der Waals surface area contributed by atoms with Gasteiger partial charge in [0.05, 0.1) is 18.5 Å². The van der Waals surface area contributed by atoms with E-state index in [4.69, 9.17) is 15.6 Å². The molecule has 5 N–H and O–H groups in total. The van der Waals surface area contributed by atoms with Gasteiger partial charge in [-0.15, -0.1) is 0 Å². The van der Waals surface area contributed by atoms with Crippen LogP contribution < -0.4 is 10.5 Å². The van der Waals surface area contributed by atoms with E-state index in [-0.39, 0.29) is 13.2 Å². The monoisotopic (exact) mass is 330 g/mol. The van der Waals surface area contributed by atoms with E-state index in [1.807, 2.05) is 6.07 Å². The Morgan fingerprint density at radius 2 is 2.04 bits per heavy atom. The number of hydrogen-bond donors (Lipinski definition) is 4. The van der Waals surface area contributed by atoms with Crippen LogP contribution in [0.25, 0.3) is 16.9 Å². The van der Waals surface area contributed by atoms with E-state index < -0.39 is 12.3 Å². The average Bonchev–Trinajstić information content (AvgIpc) is 3.03. The maximum absolute atomic E-state index is 9.57. The van der Waals surface area contributed by atoms with Crippen molar-refractivity contribution in [1.82, 2.24) is 14.6 Å². The minimum Gasteiger partial charge on any atom is -0.491 e. The summed E-state index contributed by atoms with van der Waals surface area (Å²) in [6.45, 7) is -0.361. The fourth-order valence-corrected chi connectivity index (χ4v) is 2.24. The summed E-state index contributed by atoms with van der Waals surface area (Å²) in [6.07, 6.45) is -0.618. The molecule has 2 atom stereocenters. The van der Waals surface area contributed by atoms with Crippen LogP contribution in [0.15, 0.2) is 42.6 Å². The second kappa shape index (κ2) is 6.93. The first-order chi connectivity index (χ1) is 11.6. The van der Waals surface area contributed by atoms with Gasteiger partial charge < -0.3 is 25.8 Å². The molecule has 0 aliphatic carbocycles. The standard InChI is InChI=1S/C16H18N4O4/c17-16(23)14-7-18-15-5-4-13(19-20(14)15)10-2-1-3-12(6-10)24-9-11(22)8-21/h1-7,11,16,21-23H,8-9,17H2/t11-,16?/m1/s1. The van der Waals surface area contributed by atoms with Crippen LogP contribution in [0, 0.1) is 0 Å². The summed E-state index contributed by atoms with van der Waals surface area (Å²) in [5.41, 5.74) is 7.92. The van der Waals surface area contributed by atoms with Crippen LogP contribution in [0.4, 0.5) is 0 Å². The van der Waals surface area contributed by atoms with Crippen LogP contribution >= 0.6 is 0 Å². The van der Waals surface area contributed by atoms with E-state index in [0.717, 1.165) is 5.56 Å². The lowest BCUT2D eigenvalue weighted by Crippen LogP contribution is -2.21. The molecule has 8 nitrogen and oxygen atoms in total. The van der Waals surface area contributed by atoms with Crippen molar-refractivity contribution in [1.29, 1.82) is 0 Å². The summed E-state index contributed by atoms with van der Waals surface area (Å²) in [5.74, 6) is 0.548. The molecule has 0 amide bonds. The molecule has 3 rings (SSSR count). The van der Waals surface area contributed by atoms with E-state index in [1.54, 1.807) is 30.3 Å². The Morgan fingerprint density at radius 3 is 2.79 bits per heavy atom. The van der Waals surface area contributed by atoms with Crippen LogP contribution in [0.1, 0.15) is 11.9 Å². The summed E-state index contributed by atoms with van der Waals surface area (Å²) in [4.78, 5) is 4.13. The van der Waals surface area contributed by atoms with E-state index >= 15 is 0 Å². The first-order valence-electron chi connectivity index (χ1n) is 7.39. The first kappa shape index (κ1) is 16.3. The highest BCUT2D eigenvalue weighted by atomic mass is 16.5. The van der Waals surface area contributed by atoms with Gasteiger partial charge in [-0.1, -0.05) is 12.1 Å². The molecule has 2 heterocycles. The highest BCUT2D eigenvalue weighted by Gasteiger charge is 2.11. The van der Waals surface area contributed by atoms with E-state index in [0.29, 0.717) is 22.8 Å². The topological polar surface area (TPSA) is 126 Å². The Labute approximate surface area is 137 Å². The van der Waals surface area contributed by atoms with E-state index in [2.05, 4.69) is 10.1 Å². The number of imidazole rings is 1. The molecular weight excluding hydrogens is 312 g/mol. The molecule has 0 spiro atoms. The number of hydrogen-bond acceptors (Lipinski definition) is 7. The van der Waals surface area contributed by atoms with Gasteiger partial charge in [0.1, 0.15) is 30.4 Å². The summed E-state index contributed by atoms with van der Waals surface area (Å²) < 4.78 is 6.93. The number of nitrogens with zero attached hydrogens (tertiary/aromatic N) is 3. The lowest BCUT2D eigenvalue weighted by molar-refractivity contribution is 0.0536. The summed E-state index contributed by atoms with van der Waals surface area (Å²) in [7, 11) is 0. The van der Waals surface area contributed by atoms with Crippen LogP contribution in [-0.4, -0.2) is 49.2 Å². The van der Waals surface area contributed by atoms with Gasteiger partial charge in [-0.3, -0.25) is 0 Å². The van der Waals surface area contributed by atoms with Crippen molar-refractivity contribution in [2.24, 2.45) is 5.73 Å². The number of ether oxygens (including phenoxy) is 1. The van der Waals surface area contributed by atoms with Gasteiger partial charge in [-0.05, 0) is 24.3 Å². The van der Waals surface area contributed by atoms with Crippen molar-refractivity contribution in [2.45, 2.75) is 12.3 Å². The Balaban J connectivity index is 1.91. The number of aromatic nitrogens is 3. The Bertz CT molecular complexity index is 834. The van der Waals surface area contributed by atoms with Crippen LogP contribution in [0.3, 0.4) is 0 Å². The van der Waals surface area contributed by atoms with Crippen LogP contribution in [0.2, 0.25) is 0 Å². The van der Waals surface area contributed by atoms with Crippen molar-refractivity contribution in [3.63, 3.8) is 0 Å². The molecule has 2 aromatic heterocycles. The minimum absolute atomic E-state index is 0.00253. The molecule has 3 aromatic rings. The molecule has 0 saturated heterocycles. The molecule has 0 radical (unpaired) electrons. The van der Waals surface area contributed by atoms with Gasteiger partial charge in [0.15, 0.2) is 5.65 Å². The lowest BCUT2D eigenvalue weighted by Gasteiger charge is -2.11. The third-order valence-electron chi connectivity index (χ3n) is 3.47. The number of aliphatic hydroxyl groups excluding tert-OH is 3. The number of nitrogens with two attached hydrogens (primary N) is 1. The molecule has 24 heavy (non-hydrogen) atoms. The summed E-state index contributed by atoms with van der Waals surface area (Å²) in [6, 6.07) is 10.8. The van der Waals surface area contributed by atoms with Gasteiger partial charge in [-0.25, -0.2) is 9.50 Å². The van der Waals surface area contributed by atoms with Crippen LogP contribution in [-0.2, 0) is 0 Å². The largest absolute Gasteiger partial charge is 0.491 e. The van der Waals surface area contributed by atoms with Crippen molar-refractivity contribution >= 4 is 5.65 Å². The molecule has 126 valence electrons. The molecule has 1 unspecified atom stereocenters. The van der Waals surface area contributed by atoms with Crippen molar-refractivity contribution in [2.75, 3.05) is 13.2 Å². The fraction of sp³-hybridized carbons (Fsp3) is 0.250. The molecule has 0 saturated carbocycles. The van der Waals surface area contributed by atoms with Gasteiger partial charge in [-0.2, -0.15) is 5.10 Å². The first-order valence-corrected chi connectivity index (χ1v) is 7.39. The SMILES string of the molecule is NC(O)c1cnc2ccc(-c3cccc(OC[C@H](O)CO)c3)nn12. The molecule has 0 aliphatic rings. The maximum Gasteiger partial charge on any atom is 0.153 e. The smallest absolute Gasteiger partial charge is 0.153 e. The van der Waals surface area contributed by atoms with E-state index in [1.165, 1.54) is 10.7 Å². The number of fused-ring (bicyclic) bond motifs is 1. The predicted octanol–water partition coefficient (Wildman–Crippen LogP) is 0.0779. The van der Waals surface area contributed by atoms with Crippen LogP contribution in [0.5, 0.6) is 5.75 Å². The normalized spacial score (nSPS) is 13.8. The highest BCUT2D eigenvalue weighted by molar-refractivity contribution is 5.62. The average molecular weight is 330 g/mol. The molecule has 8 heteroatoms. The number of benzene rings is 1. The summed E-state index contributed by atoms with van der Waals surface area (Å²) >= 11 is 0. The Kier molecular flexibility index (Phi) is 4.72. The third kappa shape index (κ3) is 3.36. The second-order valence-corrected chi connectivity index (χ2v) is 5.29. The Hall–Kier alpha value is -2.52. The molecule has 0 bridgehead atoms. The van der Waals surface area contributed by atoms with Crippen molar-refractivity contribution in [3.05, 3.63) is 48.3 Å². The third-order valence-corrected chi connectivity index (χ3v) is 3.47. The highest BCUT2D eigenvalue weighted by Crippen LogP contribution is 2.23. The van der Waals surface area contributed by atoms with E-state index in [9.17, 15) is 10.2 Å². The minimum atomic E-state index is -1.17. The van der Waals surface area contributed by atoms with Gasteiger partial charge in [0, 0.05) is 5.56 Å². The molecule has 1 aromatic carbocycles. The number of aliphatic hydroxyl groups is 3. The Morgan fingerprint density at radius 1 is 1.21 bits per heavy atom.